The molecule has 1 saturated carbocycles. The Hall–Kier alpha value is -3.18. The highest BCUT2D eigenvalue weighted by atomic mass is 35.5. The van der Waals surface area contributed by atoms with Crippen LogP contribution in [0.4, 0.5) is 4.79 Å². The summed E-state index contributed by atoms with van der Waals surface area (Å²) in [5.41, 5.74) is 9.99. The maximum Gasteiger partial charge on any atom is 0.410 e. The van der Waals surface area contributed by atoms with Crippen LogP contribution in [0.2, 0.25) is 5.02 Å². The fourth-order valence-corrected chi connectivity index (χ4v) is 6.66. The molecule has 0 bridgehead atoms. The van der Waals surface area contributed by atoms with E-state index >= 15 is 0 Å². The summed E-state index contributed by atoms with van der Waals surface area (Å²) in [4.78, 5) is 35.2. The number of nitrogens with one attached hydrogen (secondary N) is 1. The number of nitrogens with zero attached hydrogens (tertiary/aromatic N) is 4. The Labute approximate surface area is 271 Å². The molecule has 1 aromatic heterocycles. The van der Waals surface area contributed by atoms with Crippen LogP contribution in [0.15, 0.2) is 48.4 Å². The van der Waals surface area contributed by atoms with Crippen LogP contribution in [0.5, 0.6) is 0 Å². The fourth-order valence-electron chi connectivity index (χ4n) is 6.49. The summed E-state index contributed by atoms with van der Waals surface area (Å²) in [6.07, 6.45) is 12.1. The van der Waals surface area contributed by atoms with Crippen LogP contribution in [0.3, 0.4) is 0 Å². The van der Waals surface area contributed by atoms with Gasteiger partial charge in [0.25, 0.3) is 5.91 Å². The zero-order chi connectivity index (χ0) is 32.1. The number of allylic oxidation sites excluding steroid dienone is 2. The van der Waals surface area contributed by atoms with Crippen molar-refractivity contribution in [1.29, 1.82) is 0 Å². The zero-order valence-corrected chi connectivity index (χ0v) is 27.7. The molecule has 5 rings (SSSR count). The van der Waals surface area contributed by atoms with E-state index in [1.165, 1.54) is 0 Å². The number of aromatic nitrogens is 2. The van der Waals surface area contributed by atoms with Gasteiger partial charge in [-0.05, 0) is 80.8 Å². The van der Waals surface area contributed by atoms with E-state index in [0.29, 0.717) is 50.6 Å². The van der Waals surface area contributed by atoms with Gasteiger partial charge in [0, 0.05) is 51.4 Å². The van der Waals surface area contributed by atoms with Crippen molar-refractivity contribution < 1.29 is 19.1 Å². The first-order valence-electron chi connectivity index (χ1n) is 16.1. The van der Waals surface area contributed by atoms with Crippen molar-refractivity contribution in [3.8, 4) is 0 Å². The third-order valence-electron chi connectivity index (χ3n) is 9.54. The molecule has 10 nitrogen and oxygen atoms in total. The van der Waals surface area contributed by atoms with Gasteiger partial charge in [-0.15, -0.1) is 0 Å². The lowest BCUT2D eigenvalue weighted by Crippen LogP contribution is -2.50. The molecule has 1 aliphatic heterocycles. The molecule has 3 N–H and O–H groups in total. The van der Waals surface area contributed by atoms with E-state index in [-0.39, 0.29) is 24.1 Å². The van der Waals surface area contributed by atoms with E-state index in [1.807, 2.05) is 42.5 Å². The number of imidazole rings is 1. The molecule has 45 heavy (non-hydrogen) atoms. The first-order chi connectivity index (χ1) is 21.7. The van der Waals surface area contributed by atoms with E-state index in [0.717, 1.165) is 53.7 Å². The Morgan fingerprint density at radius 2 is 2.00 bits per heavy atom. The monoisotopic (exact) mass is 638 g/mol. The molecule has 0 radical (unpaired) electrons. The van der Waals surface area contributed by atoms with Crippen LogP contribution in [-0.4, -0.2) is 82.9 Å². The molecule has 1 aromatic carbocycles. The summed E-state index contributed by atoms with van der Waals surface area (Å²) in [7, 11) is 3.53. The Bertz CT molecular complexity index is 1430. The molecular weight excluding hydrogens is 592 g/mol. The fraction of sp³-hybridized carbons (Fsp3) is 0.559. The van der Waals surface area contributed by atoms with Crippen molar-refractivity contribution in [3.63, 3.8) is 0 Å². The number of nitrogens with two attached hydrogens (primary N) is 1. The Kier molecular flexibility index (Phi) is 10.7. The molecule has 2 amide bonds. The molecule has 2 fully saturated rings. The molecular formula is C34H47ClN6O4. The number of rotatable bonds is 11. The minimum Gasteiger partial charge on any atom is -0.446 e. The number of fused-ring (bicyclic) bond motifs is 1. The SMILES string of the molecule is C/C=C1/C=C(C(NC(=O)C2(OC)CC2)c2cncn2C)c2cc(Cl)ccc2C(N2CCN(C(=O)OC(CC)CCCN)CC2)C1. The van der Waals surface area contributed by atoms with Gasteiger partial charge < -0.3 is 30.0 Å². The van der Waals surface area contributed by atoms with Gasteiger partial charge >= 0.3 is 6.09 Å². The van der Waals surface area contributed by atoms with Crippen molar-refractivity contribution in [1.82, 2.24) is 24.7 Å². The summed E-state index contributed by atoms with van der Waals surface area (Å²) >= 11 is 6.66. The van der Waals surface area contributed by atoms with E-state index in [4.69, 9.17) is 26.8 Å². The highest BCUT2D eigenvalue weighted by Gasteiger charge is 2.51. The average molecular weight is 639 g/mol. The van der Waals surface area contributed by atoms with Crippen molar-refractivity contribution in [3.05, 3.63) is 70.3 Å². The van der Waals surface area contributed by atoms with E-state index in [1.54, 1.807) is 19.6 Å². The second-order valence-electron chi connectivity index (χ2n) is 12.3. The molecule has 2 aliphatic carbocycles. The summed E-state index contributed by atoms with van der Waals surface area (Å²) in [6.45, 7) is 7.28. The third-order valence-corrected chi connectivity index (χ3v) is 9.77. The highest BCUT2D eigenvalue weighted by molar-refractivity contribution is 6.30. The molecule has 3 atom stereocenters. The van der Waals surface area contributed by atoms with Crippen LogP contribution in [0.25, 0.3) is 5.57 Å². The summed E-state index contributed by atoms with van der Waals surface area (Å²) in [6, 6.07) is 5.64. The Morgan fingerprint density at radius 3 is 2.60 bits per heavy atom. The topological polar surface area (TPSA) is 115 Å². The number of carbonyl (C=O) groups excluding carboxylic acids is 2. The molecule has 3 unspecified atom stereocenters. The smallest absolute Gasteiger partial charge is 0.410 e. The first-order valence-corrected chi connectivity index (χ1v) is 16.5. The van der Waals surface area contributed by atoms with Gasteiger partial charge in [-0.25, -0.2) is 9.78 Å². The lowest BCUT2D eigenvalue weighted by Gasteiger charge is -2.40. The Balaban J connectivity index is 1.43. The van der Waals surface area contributed by atoms with Crippen molar-refractivity contribution in [2.75, 3.05) is 39.8 Å². The van der Waals surface area contributed by atoms with Gasteiger partial charge in [0.2, 0.25) is 0 Å². The maximum atomic E-state index is 13.6. The Morgan fingerprint density at radius 1 is 1.24 bits per heavy atom. The van der Waals surface area contributed by atoms with Gasteiger partial charge in [-0.2, -0.15) is 0 Å². The number of carbonyl (C=O) groups is 2. The van der Waals surface area contributed by atoms with Gasteiger partial charge in [0.1, 0.15) is 11.7 Å². The maximum absolute atomic E-state index is 13.6. The number of methoxy groups -OCH3 is 1. The van der Waals surface area contributed by atoms with Crippen molar-refractivity contribution in [2.45, 2.75) is 76.2 Å². The standard InChI is InChI=1S/C34H47ClN6O4/c1-5-23-18-28(31(30-21-37-22-39(30)3)38-32(42)34(44-4)11-12-34)27-20-24(35)9-10-26(27)29(19-23)40-14-16-41(17-15-40)33(43)45-25(6-2)8-7-13-36/h5,9-10,18,20-22,25,29,31H,6-8,11-17,19,36H2,1-4H3,(H,38,42)/b23-5-. The van der Waals surface area contributed by atoms with Crippen LogP contribution >= 0.6 is 11.6 Å². The number of piperazine rings is 1. The second-order valence-corrected chi connectivity index (χ2v) is 12.8. The van der Waals surface area contributed by atoms with Crippen LogP contribution in [0.1, 0.15) is 81.3 Å². The molecule has 2 heterocycles. The number of halogens is 1. The number of amides is 2. The number of ether oxygens (including phenoxy) is 2. The highest BCUT2D eigenvalue weighted by Crippen LogP contribution is 2.45. The largest absolute Gasteiger partial charge is 0.446 e. The van der Waals surface area contributed by atoms with E-state index in [2.05, 4.69) is 33.4 Å². The van der Waals surface area contributed by atoms with Crippen LogP contribution in [0, 0.1) is 0 Å². The summed E-state index contributed by atoms with van der Waals surface area (Å²) < 4.78 is 13.4. The predicted octanol–water partition coefficient (Wildman–Crippen LogP) is 5.16. The van der Waals surface area contributed by atoms with E-state index < -0.39 is 11.6 Å². The van der Waals surface area contributed by atoms with Gasteiger partial charge in [-0.3, -0.25) is 9.69 Å². The molecule has 2 aromatic rings. The normalized spacial score (nSPS) is 21.8. The molecule has 244 valence electrons. The molecule has 3 aliphatic rings. The van der Waals surface area contributed by atoms with Gasteiger partial charge in [0.05, 0.1) is 24.3 Å². The predicted molar refractivity (Wildman–Crippen MR) is 176 cm³/mol. The third kappa shape index (κ3) is 7.30. The lowest BCUT2D eigenvalue weighted by molar-refractivity contribution is -0.134. The molecule has 11 heteroatoms. The van der Waals surface area contributed by atoms with E-state index in [9.17, 15) is 9.59 Å². The first kappa shape index (κ1) is 33.2. The van der Waals surface area contributed by atoms with Gasteiger partial charge in [-0.1, -0.05) is 42.3 Å². The number of benzene rings is 1. The van der Waals surface area contributed by atoms with Crippen LogP contribution in [-0.2, 0) is 21.3 Å². The minimum absolute atomic E-state index is 0.0555. The molecule has 1 saturated heterocycles. The number of aryl methyl sites for hydroxylation is 1. The van der Waals surface area contributed by atoms with Gasteiger partial charge in [0.15, 0.2) is 0 Å². The quantitative estimate of drug-likeness (QED) is 0.350. The second kappa shape index (κ2) is 14.5. The number of hydrogen-bond donors (Lipinski definition) is 2. The number of hydrogen-bond acceptors (Lipinski definition) is 7. The summed E-state index contributed by atoms with van der Waals surface area (Å²) in [5, 5.41) is 3.95. The average Bonchev–Trinajstić information content (AvgIpc) is 3.78. The lowest BCUT2D eigenvalue weighted by atomic mass is 9.90. The molecule has 0 spiro atoms. The van der Waals surface area contributed by atoms with Crippen molar-refractivity contribution in [2.24, 2.45) is 12.8 Å². The minimum atomic E-state index is -0.784. The van der Waals surface area contributed by atoms with Crippen LogP contribution < -0.4 is 11.1 Å². The van der Waals surface area contributed by atoms with Crippen molar-refractivity contribution >= 4 is 29.2 Å². The summed E-state index contributed by atoms with van der Waals surface area (Å²) in [5.74, 6) is -0.125. The zero-order valence-electron chi connectivity index (χ0n) is 26.9.